The molecule has 0 aliphatic heterocycles. The third-order valence-electron chi connectivity index (χ3n) is 2.76. The molecule has 0 bridgehead atoms. The Morgan fingerprint density at radius 3 is 2.29 bits per heavy atom. The summed E-state index contributed by atoms with van der Waals surface area (Å²) in [4.78, 5) is 37.6. The molecule has 1 aromatic carbocycles. The molecule has 1 heterocycles. The molecule has 0 unspecified atom stereocenters. The average molecular weight is 350 g/mol. The molecule has 0 fully saturated rings. The van der Waals surface area contributed by atoms with E-state index in [9.17, 15) is 19.7 Å². The van der Waals surface area contributed by atoms with E-state index in [1.165, 1.54) is 6.92 Å². The van der Waals surface area contributed by atoms with Crippen LogP contribution in [0, 0.1) is 10.1 Å². The van der Waals surface area contributed by atoms with Crippen LogP contribution in [0.1, 0.15) is 41.6 Å². The molecule has 8 heteroatoms. The van der Waals surface area contributed by atoms with Gasteiger partial charge in [-0.15, -0.1) is 0 Å². The number of nitrogens with one attached hydrogen (secondary N) is 1. The van der Waals surface area contributed by atoms with Crippen LogP contribution in [0.5, 0.6) is 0 Å². The largest absolute Gasteiger partial charge is 0.322 e. The minimum absolute atomic E-state index is 0.201. The molecule has 0 saturated carbocycles. The van der Waals surface area contributed by atoms with Crippen molar-refractivity contribution < 1.29 is 14.5 Å². The zero-order valence-corrected chi connectivity index (χ0v) is 14.1. The first-order valence-corrected chi connectivity index (χ1v) is 7.50. The normalized spacial score (nSPS) is 9.50. The zero-order valence-electron chi connectivity index (χ0n) is 13.4. The number of nitro groups is 1. The van der Waals surface area contributed by atoms with E-state index in [0.717, 1.165) is 6.07 Å². The molecule has 7 nitrogen and oxygen atoms in total. The van der Waals surface area contributed by atoms with Gasteiger partial charge in [-0.05, 0) is 12.1 Å². The van der Waals surface area contributed by atoms with Crippen molar-refractivity contribution in [2.75, 3.05) is 5.32 Å². The van der Waals surface area contributed by atoms with Crippen LogP contribution in [-0.2, 0) is 0 Å². The minimum Gasteiger partial charge on any atom is -0.322 e. The van der Waals surface area contributed by atoms with Gasteiger partial charge in [0.25, 0.3) is 5.91 Å². The average Bonchev–Trinajstić information content (AvgIpc) is 2.56. The van der Waals surface area contributed by atoms with Crippen LogP contribution in [-0.4, -0.2) is 21.6 Å². The fourth-order valence-electron chi connectivity index (χ4n) is 1.77. The summed E-state index contributed by atoms with van der Waals surface area (Å²) in [6.45, 7) is 5.20. The first-order chi connectivity index (χ1) is 11.4. The van der Waals surface area contributed by atoms with Crippen molar-refractivity contribution in [3.63, 3.8) is 0 Å². The van der Waals surface area contributed by atoms with Crippen molar-refractivity contribution in [1.82, 2.24) is 4.98 Å². The van der Waals surface area contributed by atoms with Crippen molar-refractivity contribution >= 4 is 34.7 Å². The first-order valence-electron chi connectivity index (χ1n) is 7.12. The molecule has 24 heavy (non-hydrogen) atoms. The number of hydrogen-bond acceptors (Lipinski definition) is 5. The highest BCUT2D eigenvalue weighted by atomic mass is 35.5. The maximum atomic E-state index is 12.3. The smallest absolute Gasteiger partial charge is 0.307 e. The molecule has 1 amide bonds. The van der Waals surface area contributed by atoms with Gasteiger partial charge in [-0.2, -0.15) is 0 Å². The Morgan fingerprint density at radius 2 is 1.79 bits per heavy atom. The first kappa shape index (κ1) is 19.2. The number of halogens is 1. The Hall–Kier alpha value is -2.80. The SMILES string of the molecule is CC.CC(=O)c1nc(Cl)c([N+](=O)[O-])cc1C(=O)Nc1ccccc1. The molecule has 126 valence electrons. The molecule has 0 aliphatic carbocycles. The molecule has 0 saturated heterocycles. The van der Waals surface area contributed by atoms with Gasteiger partial charge in [0.1, 0.15) is 5.69 Å². The van der Waals surface area contributed by atoms with Gasteiger partial charge in [0.15, 0.2) is 5.78 Å². The third kappa shape index (κ3) is 4.60. The van der Waals surface area contributed by atoms with E-state index < -0.39 is 27.5 Å². The second-order valence-electron chi connectivity index (χ2n) is 4.33. The number of aromatic nitrogens is 1. The maximum Gasteiger partial charge on any atom is 0.307 e. The second kappa shape index (κ2) is 8.73. The Balaban J connectivity index is 0.00000139. The topological polar surface area (TPSA) is 102 Å². The van der Waals surface area contributed by atoms with Gasteiger partial charge in [-0.1, -0.05) is 43.6 Å². The lowest BCUT2D eigenvalue weighted by atomic mass is 10.1. The van der Waals surface area contributed by atoms with E-state index in [-0.39, 0.29) is 11.3 Å². The fraction of sp³-hybridized carbons (Fsp3) is 0.188. The molecule has 0 atom stereocenters. The van der Waals surface area contributed by atoms with E-state index in [1.54, 1.807) is 30.3 Å². The fourth-order valence-corrected chi connectivity index (χ4v) is 1.98. The Morgan fingerprint density at radius 1 is 1.21 bits per heavy atom. The van der Waals surface area contributed by atoms with Gasteiger partial charge in [-0.3, -0.25) is 19.7 Å². The summed E-state index contributed by atoms with van der Waals surface area (Å²) in [5.74, 6) is -1.20. The zero-order chi connectivity index (χ0) is 18.3. The molecule has 1 N–H and O–H groups in total. The molecular weight excluding hydrogens is 334 g/mol. The number of ketones is 1. The lowest BCUT2D eigenvalue weighted by Gasteiger charge is -2.08. The van der Waals surface area contributed by atoms with Crippen molar-refractivity contribution in [3.05, 3.63) is 62.9 Å². The number of amides is 1. The van der Waals surface area contributed by atoms with E-state index >= 15 is 0 Å². The number of Topliss-reactive ketones (excluding diaryl/α,β-unsaturated/α-hetero) is 1. The number of anilines is 1. The monoisotopic (exact) mass is 349 g/mol. The summed E-state index contributed by atoms with van der Waals surface area (Å²) in [6, 6.07) is 9.43. The number of hydrogen-bond donors (Lipinski definition) is 1. The number of carbonyl (C=O) groups is 2. The predicted octanol–water partition coefficient (Wildman–Crippen LogP) is 4.12. The van der Waals surface area contributed by atoms with Crippen LogP contribution < -0.4 is 5.32 Å². The molecular formula is C16H16ClN3O4. The Kier molecular flexibility index (Phi) is 7.00. The van der Waals surface area contributed by atoms with E-state index in [2.05, 4.69) is 10.3 Å². The van der Waals surface area contributed by atoms with Gasteiger partial charge in [0, 0.05) is 18.7 Å². The van der Waals surface area contributed by atoms with E-state index in [0.29, 0.717) is 5.69 Å². The number of para-hydroxylation sites is 1. The Bertz CT molecular complexity index is 763. The van der Waals surface area contributed by atoms with Gasteiger partial charge in [0.05, 0.1) is 10.5 Å². The lowest BCUT2D eigenvalue weighted by Crippen LogP contribution is -2.17. The minimum atomic E-state index is -0.765. The maximum absolute atomic E-state index is 12.3. The second-order valence-corrected chi connectivity index (χ2v) is 4.69. The summed E-state index contributed by atoms with van der Waals surface area (Å²) >= 11 is 5.67. The van der Waals surface area contributed by atoms with Gasteiger partial charge >= 0.3 is 5.69 Å². The highest BCUT2D eigenvalue weighted by Gasteiger charge is 2.24. The van der Waals surface area contributed by atoms with Crippen molar-refractivity contribution in [3.8, 4) is 0 Å². The molecule has 0 aliphatic rings. The van der Waals surface area contributed by atoms with Gasteiger partial charge in [-0.25, -0.2) is 4.98 Å². The third-order valence-corrected chi connectivity index (χ3v) is 3.04. The summed E-state index contributed by atoms with van der Waals surface area (Å²) in [7, 11) is 0. The molecule has 1 aromatic heterocycles. The standard InChI is InChI=1S/C14H10ClN3O4.C2H6/c1-8(19)12-10(7-11(18(21)22)13(15)17-12)14(20)16-9-5-3-2-4-6-9;1-2/h2-7H,1H3,(H,16,20);1-2H3. The number of benzene rings is 1. The molecule has 2 rings (SSSR count). The van der Waals surface area contributed by atoms with E-state index in [4.69, 9.17) is 11.6 Å². The number of carbonyl (C=O) groups excluding carboxylic acids is 2. The van der Waals surface area contributed by atoms with Gasteiger partial charge in [0.2, 0.25) is 5.15 Å². The van der Waals surface area contributed by atoms with Crippen LogP contribution in [0.25, 0.3) is 0 Å². The molecule has 0 radical (unpaired) electrons. The lowest BCUT2D eigenvalue weighted by molar-refractivity contribution is -0.385. The summed E-state index contributed by atoms with van der Waals surface area (Å²) in [6.07, 6.45) is 0. The van der Waals surface area contributed by atoms with Crippen LogP contribution in [0.4, 0.5) is 11.4 Å². The van der Waals surface area contributed by atoms with Crippen LogP contribution in [0.2, 0.25) is 5.15 Å². The highest BCUT2D eigenvalue weighted by Crippen LogP contribution is 2.26. The quantitative estimate of drug-likeness (QED) is 0.387. The van der Waals surface area contributed by atoms with Crippen LogP contribution in [0.3, 0.4) is 0 Å². The van der Waals surface area contributed by atoms with Crippen LogP contribution >= 0.6 is 11.6 Å². The van der Waals surface area contributed by atoms with E-state index in [1.807, 2.05) is 13.8 Å². The molecule has 2 aromatic rings. The summed E-state index contributed by atoms with van der Waals surface area (Å²) < 4.78 is 0. The van der Waals surface area contributed by atoms with Gasteiger partial charge < -0.3 is 5.32 Å². The summed E-state index contributed by atoms with van der Waals surface area (Å²) in [5.41, 5.74) is -0.471. The highest BCUT2D eigenvalue weighted by molar-refractivity contribution is 6.32. The number of nitrogens with zero attached hydrogens (tertiary/aromatic N) is 2. The number of rotatable bonds is 4. The predicted molar refractivity (Wildman–Crippen MR) is 91.6 cm³/mol. The van der Waals surface area contributed by atoms with Crippen molar-refractivity contribution in [2.24, 2.45) is 0 Å². The Labute approximate surface area is 143 Å². The van der Waals surface area contributed by atoms with Crippen molar-refractivity contribution in [2.45, 2.75) is 20.8 Å². The van der Waals surface area contributed by atoms with Crippen molar-refractivity contribution in [1.29, 1.82) is 0 Å². The molecule has 0 spiro atoms. The summed E-state index contributed by atoms with van der Waals surface area (Å²) in [5, 5.41) is 13.0. The van der Waals surface area contributed by atoms with Crippen LogP contribution in [0.15, 0.2) is 36.4 Å². The number of pyridine rings is 1.